The Bertz CT molecular complexity index is 1210. The molecule has 0 aliphatic carbocycles. The van der Waals surface area contributed by atoms with Gasteiger partial charge in [0, 0.05) is 7.05 Å². The summed E-state index contributed by atoms with van der Waals surface area (Å²) in [6.45, 7) is 0.682. The van der Waals surface area contributed by atoms with Gasteiger partial charge < -0.3 is 14.0 Å². The van der Waals surface area contributed by atoms with Crippen molar-refractivity contribution >= 4 is 34.0 Å². The van der Waals surface area contributed by atoms with Crippen LogP contribution in [0.1, 0.15) is 11.1 Å². The molecule has 160 valence electrons. The molecule has 7 heteroatoms. The number of benzene rings is 3. The van der Waals surface area contributed by atoms with Gasteiger partial charge in [-0.1, -0.05) is 54.6 Å². The van der Waals surface area contributed by atoms with Crippen LogP contribution in [0.3, 0.4) is 0 Å². The first-order chi connectivity index (χ1) is 14.6. The normalized spacial score (nSPS) is 10.5. The lowest BCUT2D eigenvalue weighted by atomic mass is 10.2. The van der Waals surface area contributed by atoms with Gasteiger partial charge in [-0.3, -0.25) is 14.8 Å². The van der Waals surface area contributed by atoms with E-state index in [9.17, 15) is 4.79 Å². The molecule has 6 nitrogen and oxygen atoms in total. The van der Waals surface area contributed by atoms with E-state index in [0.717, 1.165) is 27.9 Å². The summed E-state index contributed by atoms with van der Waals surface area (Å²) in [5.41, 5.74) is 3.98. The summed E-state index contributed by atoms with van der Waals surface area (Å²) in [4.78, 5) is 12.4. The molecule has 1 aromatic heterocycles. The molecule has 0 atom stereocenters. The summed E-state index contributed by atoms with van der Waals surface area (Å²) in [5.74, 6) is 0.383. The summed E-state index contributed by atoms with van der Waals surface area (Å²) in [6.07, 6.45) is 0. The molecule has 31 heavy (non-hydrogen) atoms. The second kappa shape index (κ2) is 10.1. The molecule has 0 aliphatic heterocycles. The number of aromatic nitrogens is 2. The average molecular weight is 482 g/mol. The van der Waals surface area contributed by atoms with Gasteiger partial charge in [0.2, 0.25) is 5.62 Å². The molecule has 1 heterocycles. The van der Waals surface area contributed by atoms with Crippen LogP contribution < -0.4 is 10.4 Å². The number of hydrogen-bond acceptors (Lipinski definition) is 4. The predicted molar refractivity (Wildman–Crippen MR) is 124 cm³/mol. The first-order valence-electron chi connectivity index (χ1n) is 9.72. The molecule has 0 saturated carbocycles. The van der Waals surface area contributed by atoms with Gasteiger partial charge in [0.15, 0.2) is 0 Å². The van der Waals surface area contributed by atoms with E-state index in [4.69, 9.17) is 14.9 Å². The molecule has 0 saturated heterocycles. The van der Waals surface area contributed by atoms with Gasteiger partial charge >= 0.3 is 5.97 Å². The standard InChI is InChI=1S/C24H23N3O3.BrH/c1-26-21-9-5-6-10-22(21)27(24(26)25)15-23(28)30-17-19-11-13-20(14-12-19)29-16-18-7-3-2-4-8-18;/h2-14,25H,15-17H2,1H3;1H. The number of carbonyl (C=O) groups is 1. The van der Waals surface area contributed by atoms with E-state index < -0.39 is 0 Å². The van der Waals surface area contributed by atoms with E-state index in [1.165, 1.54) is 0 Å². The highest BCUT2D eigenvalue weighted by atomic mass is 79.9. The van der Waals surface area contributed by atoms with Gasteiger partial charge in [-0.25, -0.2) is 0 Å². The third-order valence-electron chi connectivity index (χ3n) is 4.97. The minimum atomic E-state index is -0.380. The molecule has 0 fully saturated rings. The lowest BCUT2D eigenvalue weighted by Crippen LogP contribution is -2.26. The molecule has 4 rings (SSSR count). The minimum absolute atomic E-state index is 0. The maximum Gasteiger partial charge on any atom is 0.326 e. The Morgan fingerprint density at radius 1 is 0.839 bits per heavy atom. The first kappa shape index (κ1) is 22.4. The highest BCUT2D eigenvalue weighted by Gasteiger charge is 2.12. The topological polar surface area (TPSA) is 69.2 Å². The van der Waals surface area contributed by atoms with Gasteiger partial charge in [0.05, 0.1) is 11.0 Å². The van der Waals surface area contributed by atoms with E-state index >= 15 is 0 Å². The number of para-hydroxylation sites is 2. The van der Waals surface area contributed by atoms with Crippen molar-refractivity contribution in [2.45, 2.75) is 19.8 Å². The molecular weight excluding hydrogens is 458 g/mol. The molecule has 0 bridgehead atoms. The second-order valence-corrected chi connectivity index (χ2v) is 7.04. The smallest absolute Gasteiger partial charge is 0.326 e. The predicted octanol–water partition coefficient (Wildman–Crippen LogP) is 4.36. The van der Waals surface area contributed by atoms with Crippen LogP contribution in [0, 0.1) is 5.41 Å². The second-order valence-electron chi connectivity index (χ2n) is 7.04. The maximum atomic E-state index is 12.4. The zero-order valence-electron chi connectivity index (χ0n) is 17.2. The number of hydrogen-bond donors (Lipinski definition) is 1. The van der Waals surface area contributed by atoms with E-state index in [1.54, 1.807) is 9.13 Å². The van der Waals surface area contributed by atoms with E-state index in [2.05, 4.69) is 0 Å². The fourth-order valence-corrected chi connectivity index (χ4v) is 3.31. The Labute approximate surface area is 190 Å². The van der Waals surface area contributed by atoms with Crippen molar-refractivity contribution in [1.82, 2.24) is 9.13 Å². The Kier molecular flexibility index (Phi) is 7.31. The van der Waals surface area contributed by atoms with Crippen LogP contribution in [0.25, 0.3) is 11.0 Å². The van der Waals surface area contributed by atoms with Crippen molar-refractivity contribution in [1.29, 1.82) is 5.41 Å². The van der Waals surface area contributed by atoms with E-state index in [0.29, 0.717) is 6.61 Å². The Hall–Kier alpha value is -3.32. The van der Waals surface area contributed by atoms with Crippen molar-refractivity contribution < 1.29 is 14.3 Å². The molecule has 0 aliphatic rings. The Morgan fingerprint density at radius 3 is 2.16 bits per heavy atom. The van der Waals surface area contributed by atoms with Gasteiger partial charge in [-0.05, 0) is 35.4 Å². The lowest BCUT2D eigenvalue weighted by Gasteiger charge is -2.09. The number of fused-ring (bicyclic) bond motifs is 1. The van der Waals surface area contributed by atoms with Crippen LogP contribution in [0.15, 0.2) is 78.9 Å². The number of imidazole rings is 1. The largest absolute Gasteiger partial charge is 0.489 e. The van der Waals surface area contributed by atoms with Crippen LogP contribution >= 0.6 is 17.0 Å². The number of ether oxygens (including phenoxy) is 2. The van der Waals surface area contributed by atoms with Crippen molar-refractivity contribution in [2.75, 3.05) is 0 Å². The van der Waals surface area contributed by atoms with Crippen LogP contribution in [0.5, 0.6) is 5.75 Å². The number of rotatable bonds is 7. The van der Waals surface area contributed by atoms with Crippen LogP contribution in [-0.4, -0.2) is 15.1 Å². The summed E-state index contributed by atoms with van der Waals surface area (Å²) >= 11 is 0. The number of aryl methyl sites for hydroxylation is 1. The molecule has 1 N–H and O–H groups in total. The zero-order valence-corrected chi connectivity index (χ0v) is 18.9. The molecule has 3 aromatic carbocycles. The van der Waals surface area contributed by atoms with Crippen molar-refractivity contribution in [3.8, 4) is 5.75 Å². The average Bonchev–Trinajstić information content (AvgIpc) is 3.03. The zero-order chi connectivity index (χ0) is 20.9. The quantitative estimate of drug-likeness (QED) is 0.398. The van der Waals surface area contributed by atoms with Crippen molar-refractivity contribution in [3.63, 3.8) is 0 Å². The fraction of sp³-hybridized carbons (Fsp3) is 0.167. The van der Waals surface area contributed by atoms with Crippen molar-refractivity contribution in [3.05, 3.63) is 95.6 Å². The van der Waals surface area contributed by atoms with Gasteiger partial charge in [0.1, 0.15) is 25.5 Å². The first-order valence-corrected chi connectivity index (χ1v) is 9.72. The molecule has 0 amide bonds. The van der Waals surface area contributed by atoms with Crippen LogP contribution in [0.4, 0.5) is 0 Å². The third-order valence-corrected chi connectivity index (χ3v) is 4.97. The highest BCUT2D eigenvalue weighted by Crippen LogP contribution is 2.15. The fourth-order valence-electron chi connectivity index (χ4n) is 3.31. The number of halogens is 1. The van der Waals surface area contributed by atoms with Gasteiger partial charge in [-0.2, -0.15) is 0 Å². The van der Waals surface area contributed by atoms with Crippen LogP contribution in [-0.2, 0) is 36.3 Å². The van der Waals surface area contributed by atoms with E-state index in [-0.39, 0.29) is 41.7 Å². The minimum Gasteiger partial charge on any atom is -0.489 e. The highest BCUT2D eigenvalue weighted by molar-refractivity contribution is 8.93. The molecular formula is C24H24BrN3O3. The summed E-state index contributed by atoms with van der Waals surface area (Å²) in [5, 5.41) is 8.24. The Morgan fingerprint density at radius 2 is 1.45 bits per heavy atom. The SMILES string of the molecule is Br.Cn1c(=N)n(CC(=O)OCc2ccc(OCc3ccccc3)cc2)c2ccccc21. The lowest BCUT2D eigenvalue weighted by molar-refractivity contribution is -0.145. The number of esters is 1. The molecule has 0 radical (unpaired) electrons. The number of nitrogens with one attached hydrogen (secondary N) is 1. The monoisotopic (exact) mass is 481 g/mol. The molecule has 4 aromatic rings. The number of nitrogens with zero attached hydrogens (tertiary/aromatic N) is 2. The van der Waals surface area contributed by atoms with E-state index in [1.807, 2.05) is 85.9 Å². The van der Waals surface area contributed by atoms with Crippen LogP contribution in [0.2, 0.25) is 0 Å². The third kappa shape index (κ3) is 5.24. The number of carbonyl (C=O) groups excluding carboxylic acids is 1. The molecule has 0 spiro atoms. The van der Waals surface area contributed by atoms with Gasteiger partial charge in [-0.15, -0.1) is 17.0 Å². The Balaban J connectivity index is 0.00000272. The summed E-state index contributed by atoms with van der Waals surface area (Å²) < 4.78 is 14.6. The maximum absolute atomic E-state index is 12.4. The summed E-state index contributed by atoms with van der Waals surface area (Å²) in [7, 11) is 1.81. The van der Waals surface area contributed by atoms with Gasteiger partial charge in [0.25, 0.3) is 0 Å². The summed E-state index contributed by atoms with van der Waals surface area (Å²) in [6, 6.07) is 25.1. The molecule has 0 unspecified atom stereocenters. The van der Waals surface area contributed by atoms with Crippen molar-refractivity contribution in [2.24, 2.45) is 7.05 Å².